The minimum Gasteiger partial charge on any atom is -0.508 e. The topological polar surface area (TPSA) is 55.3 Å². The highest BCUT2D eigenvalue weighted by Crippen LogP contribution is 2.39. The van der Waals surface area contributed by atoms with E-state index in [4.69, 9.17) is 17.8 Å². The predicted octanol–water partition coefficient (Wildman–Crippen LogP) is 4.69. The summed E-state index contributed by atoms with van der Waals surface area (Å²) in [4.78, 5) is 9.71. The van der Waals surface area contributed by atoms with Gasteiger partial charge in [0, 0.05) is 32.4 Å². The van der Waals surface area contributed by atoms with E-state index in [9.17, 15) is 5.11 Å². The van der Waals surface area contributed by atoms with Crippen LogP contribution in [0.4, 0.5) is 0 Å². The van der Waals surface area contributed by atoms with Gasteiger partial charge in [0.15, 0.2) is 0 Å². The van der Waals surface area contributed by atoms with Crippen LogP contribution in [0.5, 0.6) is 5.75 Å². The van der Waals surface area contributed by atoms with Crippen molar-refractivity contribution in [2.75, 3.05) is 0 Å². The van der Waals surface area contributed by atoms with Gasteiger partial charge in [0.25, 0.3) is 0 Å². The lowest BCUT2D eigenvalue weighted by Gasteiger charge is -2.07. The number of hydrogen-bond donors (Lipinski definition) is 1. The van der Waals surface area contributed by atoms with Crippen molar-refractivity contribution >= 4 is 72.7 Å². The second kappa shape index (κ2) is 5.86. The molecule has 0 aliphatic carbocycles. The Morgan fingerprint density at radius 1 is 0.871 bits per heavy atom. The number of rotatable bonds is 1. The molecular weight excluding hydrogens is 403 g/mol. The van der Waals surface area contributed by atoms with Crippen molar-refractivity contribution in [3.63, 3.8) is 0 Å². The standard InChI is InChI=1S/C24H13BN4OS/c25-15-5-3-6-17-22(15)27-24-28(17)16-9-8-13(30)12-18(16)29(24)23-21-14-4-1-2-7-19(14)31-20(21)10-11-26-23/h1-12,30H. The molecule has 0 spiro atoms. The maximum atomic E-state index is 10.3. The van der Waals surface area contributed by atoms with Crippen LogP contribution in [0.1, 0.15) is 0 Å². The molecule has 3 aromatic carbocycles. The smallest absolute Gasteiger partial charge is 0.221 e. The number of fused-ring (bicyclic) bond motifs is 8. The number of hydrogen-bond acceptors (Lipinski definition) is 4. The minimum absolute atomic E-state index is 0.195. The molecular formula is C24H13BN4OS. The van der Waals surface area contributed by atoms with Crippen molar-refractivity contribution in [1.82, 2.24) is 18.9 Å². The zero-order valence-electron chi connectivity index (χ0n) is 16.1. The highest BCUT2D eigenvalue weighted by Gasteiger charge is 2.21. The average molecular weight is 416 g/mol. The number of phenolic OH excluding ortho intramolecular Hbond substituents is 1. The van der Waals surface area contributed by atoms with Gasteiger partial charge in [-0.2, -0.15) is 0 Å². The average Bonchev–Trinajstić information content (AvgIpc) is 3.42. The first-order valence-electron chi connectivity index (χ1n) is 9.87. The molecule has 0 atom stereocenters. The lowest BCUT2D eigenvalue weighted by Crippen LogP contribution is -2.03. The molecule has 144 valence electrons. The summed E-state index contributed by atoms with van der Waals surface area (Å²) in [5, 5.41) is 12.5. The summed E-state index contributed by atoms with van der Waals surface area (Å²) in [6, 6.07) is 21.6. The number of pyridine rings is 1. The maximum Gasteiger partial charge on any atom is 0.221 e. The van der Waals surface area contributed by atoms with Crippen LogP contribution in [0.25, 0.3) is 53.8 Å². The first-order valence-corrected chi connectivity index (χ1v) is 10.7. The Hall–Kier alpha value is -3.84. The van der Waals surface area contributed by atoms with Crippen molar-refractivity contribution in [3.05, 3.63) is 72.9 Å². The summed E-state index contributed by atoms with van der Waals surface area (Å²) in [5.41, 5.74) is 4.07. The highest BCUT2D eigenvalue weighted by molar-refractivity contribution is 7.25. The Labute approximate surface area is 181 Å². The Morgan fingerprint density at radius 2 is 1.77 bits per heavy atom. The Balaban J connectivity index is 1.75. The van der Waals surface area contributed by atoms with Crippen molar-refractivity contribution in [1.29, 1.82) is 0 Å². The molecule has 7 rings (SSSR count). The van der Waals surface area contributed by atoms with E-state index in [1.807, 2.05) is 47.2 Å². The number of aromatic nitrogens is 4. The first-order chi connectivity index (χ1) is 15.2. The summed E-state index contributed by atoms with van der Waals surface area (Å²) in [6.45, 7) is 0. The van der Waals surface area contributed by atoms with Crippen molar-refractivity contribution < 1.29 is 5.11 Å². The molecule has 7 heteroatoms. The lowest BCUT2D eigenvalue weighted by atomic mass is 9.95. The van der Waals surface area contributed by atoms with Gasteiger partial charge in [-0.25, -0.2) is 9.97 Å². The van der Waals surface area contributed by atoms with E-state index in [2.05, 4.69) is 22.6 Å². The van der Waals surface area contributed by atoms with Gasteiger partial charge in [-0.3, -0.25) is 8.97 Å². The first kappa shape index (κ1) is 16.9. The van der Waals surface area contributed by atoms with Crippen LogP contribution in [0.15, 0.2) is 72.9 Å². The summed E-state index contributed by atoms with van der Waals surface area (Å²) in [5.74, 6) is 1.69. The van der Waals surface area contributed by atoms with E-state index in [1.54, 1.807) is 23.5 Å². The van der Waals surface area contributed by atoms with Crippen LogP contribution in [0.3, 0.4) is 0 Å². The van der Waals surface area contributed by atoms with Crippen molar-refractivity contribution in [3.8, 4) is 11.6 Å². The monoisotopic (exact) mass is 416 g/mol. The third kappa shape index (κ3) is 2.16. The van der Waals surface area contributed by atoms with Gasteiger partial charge in [-0.05, 0) is 30.3 Å². The van der Waals surface area contributed by atoms with E-state index in [0.29, 0.717) is 11.2 Å². The summed E-state index contributed by atoms with van der Waals surface area (Å²) >= 11 is 1.74. The minimum atomic E-state index is 0.195. The van der Waals surface area contributed by atoms with Crippen LogP contribution in [0, 0.1) is 0 Å². The Morgan fingerprint density at radius 3 is 2.71 bits per heavy atom. The van der Waals surface area contributed by atoms with Crippen LogP contribution < -0.4 is 5.46 Å². The summed E-state index contributed by atoms with van der Waals surface area (Å²) in [6.07, 6.45) is 1.83. The molecule has 31 heavy (non-hydrogen) atoms. The molecule has 0 fully saturated rings. The SMILES string of the molecule is [B]c1cccc2c1nc1n(-c3nccc4sc5ccccc5c34)c3cc(O)ccc3n21. The second-order valence-corrected chi connectivity index (χ2v) is 8.66. The van der Waals surface area contributed by atoms with Gasteiger partial charge in [-0.1, -0.05) is 35.8 Å². The van der Waals surface area contributed by atoms with Gasteiger partial charge >= 0.3 is 0 Å². The Bertz CT molecular complexity index is 1830. The highest BCUT2D eigenvalue weighted by atomic mass is 32.1. The Kier molecular flexibility index (Phi) is 3.20. The van der Waals surface area contributed by atoms with Gasteiger partial charge < -0.3 is 5.11 Å². The van der Waals surface area contributed by atoms with Gasteiger partial charge in [0.05, 0.1) is 22.1 Å². The molecule has 4 heterocycles. The van der Waals surface area contributed by atoms with E-state index in [-0.39, 0.29) is 5.75 Å². The summed E-state index contributed by atoms with van der Waals surface area (Å²) < 4.78 is 6.47. The molecule has 5 nitrogen and oxygen atoms in total. The molecule has 4 aromatic heterocycles. The lowest BCUT2D eigenvalue weighted by molar-refractivity contribution is 0.476. The number of thiophene rings is 1. The fourth-order valence-electron chi connectivity index (χ4n) is 4.51. The molecule has 0 bridgehead atoms. The van der Waals surface area contributed by atoms with E-state index in [0.717, 1.165) is 43.4 Å². The quantitative estimate of drug-likeness (QED) is 0.395. The van der Waals surface area contributed by atoms with E-state index in [1.165, 1.54) is 4.70 Å². The van der Waals surface area contributed by atoms with Gasteiger partial charge in [0.1, 0.15) is 19.4 Å². The molecule has 0 aliphatic heterocycles. The third-order valence-electron chi connectivity index (χ3n) is 5.82. The number of para-hydroxylation sites is 1. The fraction of sp³-hybridized carbons (Fsp3) is 0. The molecule has 2 radical (unpaired) electrons. The van der Waals surface area contributed by atoms with E-state index >= 15 is 0 Å². The molecule has 7 aromatic rings. The van der Waals surface area contributed by atoms with Crippen LogP contribution >= 0.6 is 11.3 Å². The van der Waals surface area contributed by atoms with Crippen LogP contribution in [-0.4, -0.2) is 31.9 Å². The number of benzene rings is 3. The second-order valence-electron chi connectivity index (χ2n) is 7.58. The predicted molar refractivity (Wildman–Crippen MR) is 127 cm³/mol. The molecule has 0 saturated carbocycles. The normalized spacial score (nSPS) is 12.1. The number of imidazole rings is 2. The van der Waals surface area contributed by atoms with Crippen molar-refractivity contribution in [2.45, 2.75) is 0 Å². The van der Waals surface area contributed by atoms with Gasteiger partial charge in [-0.15, -0.1) is 11.3 Å². The zero-order chi connectivity index (χ0) is 20.7. The zero-order valence-corrected chi connectivity index (χ0v) is 17.0. The molecule has 0 saturated heterocycles. The number of nitrogens with zero attached hydrogens (tertiary/aromatic N) is 4. The third-order valence-corrected chi connectivity index (χ3v) is 6.96. The molecule has 0 amide bonds. The largest absolute Gasteiger partial charge is 0.508 e. The van der Waals surface area contributed by atoms with Crippen molar-refractivity contribution in [2.24, 2.45) is 0 Å². The number of aromatic hydroxyl groups is 1. The molecule has 0 aliphatic rings. The summed E-state index contributed by atoms with van der Waals surface area (Å²) in [7, 11) is 6.25. The van der Waals surface area contributed by atoms with Crippen LogP contribution in [-0.2, 0) is 0 Å². The fourth-order valence-corrected chi connectivity index (χ4v) is 5.61. The molecule has 0 unspecified atom stereocenters. The van der Waals surface area contributed by atoms with E-state index < -0.39 is 0 Å². The van der Waals surface area contributed by atoms with Crippen LogP contribution in [0.2, 0.25) is 0 Å². The van der Waals surface area contributed by atoms with Gasteiger partial charge in [0.2, 0.25) is 5.78 Å². The molecule has 1 N–H and O–H groups in total. The maximum absolute atomic E-state index is 10.3. The number of phenols is 1.